The fraction of sp³-hybridized carbons (Fsp3) is 0.600. The third-order valence-corrected chi connectivity index (χ3v) is 10.2. The first-order chi connectivity index (χ1) is 16.9. The summed E-state index contributed by atoms with van der Waals surface area (Å²) in [6, 6.07) is 6.52. The minimum atomic E-state index is -0.708. The van der Waals surface area contributed by atoms with Crippen LogP contribution in [0.25, 0.3) is 16.5 Å². The second-order valence-electron chi connectivity index (χ2n) is 12.1. The molecule has 35 heavy (non-hydrogen) atoms. The maximum absolute atomic E-state index is 12.4. The summed E-state index contributed by atoms with van der Waals surface area (Å²) < 4.78 is 0. The van der Waals surface area contributed by atoms with Crippen molar-refractivity contribution >= 4 is 16.5 Å². The van der Waals surface area contributed by atoms with Gasteiger partial charge in [0.1, 0.15) is 6.33 Å². The minimum absolute atomic E-state index is 0.0595. The highest BCUT2D eigenvalue weighted by Crippen LogP contribution is 2.74. The van der Waals surface area contributed by atoms with Crippen molar-refractivity contribution in [3.63, 3.8) is 0 Å². The molecule has 0 aliphatic heterocycles. The Labute approximate surface area is 208 Å². The number of allylic oxidation sites excluding steroid dienone is 3. The second kappa shape index (κ2) is 8.22. The average Bonchev–Trinajstić information content (AvgIpc) is 3.42. The van der Waals surface area contributed by atoms with Crippen LogP contribution in [-0.4, -0.2) is 46.0 Å². The van der Waals surface area contributed by atoms with Crippen molar-refractivity contribution in [2.75, 3.05) is 14.1 Å². The molecule has 2 aromatic rings. The number of aliphatic hydroxyl groups is 2. The molecule has 3 N–H and O–H groups in total. The van der Waals surface area contributed by atoms with E-state index in [4.69, 9.17) is 0 Å². The quantitative estimate of drug-likeness (QED) is 0.514. The largest absolute Gasteiger partial charge is 0.393 e. The van der Waals surface area contributed by atoms with Gasteiger partial charge in [0.15, 0.2) is 0 Å². The highest BCUT2D eigenvalue weighted by atomic mass is 16.3. The van der Waals surface area contributed by atoms with Crippen molar-refractivity contribution in [1.82, 2.24) is 15.3 Å². The summed E-state index contributed by atoms with van der Waals surface area (Å²) in [5.41, 5.74) is 4.42. The number of rotatable bonds is 1. The van der Waals surface area contributed by atoms with Gasteiger partial charge in [0.25, 0.3) is 0 Å². The highest BCUT2D eigenvalue weighted by molar-refractivity contribution is 5.84. The van der Waals surface area contributed by atoms with E-state index >= 15 is 0 Å². The van der Waals surface area contributed by atoms with Crippen molar-refractivity contribution < 1.29 is 10.2 Å². The molecule has 7 rings (SSSR count). The summed E-state index contributed by atoms with van der Waals surface area (Å²) in [7, 11) is 3.75. The summed E-state index contributed by atoms with van der Waals surface area (Å²) in [6.45, 7) is 2.37. The summed E-state index contributed by atoms with van der Waals surface area (Å²) >= 11 is 0. The highest BCUT2D eigenvalue weighted by Gasteiger charge is 2.68. The smallest absolute Gasteiger partial charge is 0.116 e. The Morgan fingerprint density at radius 1 is 1.09 bits per heavy atom. The molecule has 7 atom stereocenters. The number of fused-ring (bicyclic) bond motifs is 5. The molecular weight excluding hydrogens is 434 g/mol. The molecule has 1 spiro atoms. The molecule has 6 unspecified atom stereocenters. The second-order valence-corrected chi connectivity index (χ2v) is 12.1. The van der Waals surface area contributed by atoms with Crippen molar-refractivity contribution in [3.05, 3.63) is 54.0 Å². The van der Waals surface area contributed by atoms with Crippen molar-refractivity contribution in [3.8, 4) is 0 Å². The van der Waals surface area contributed by atoms with Crippen LogP contribution < -0.4 is 5.32 Å². The zero-order chi connectivity index (χ0) is 24.4. The fourth-order valence-corrected chi connectivity index (χ4v) is 8.57. The monoisotopic (exact) mass is 473 g/mol. The van der Waals surface area contributed by atoms with E-state index in [1.165, 1.54) is 23.1 Å². The van der Waals surface area contributed by atoms with E-state index < -0.39 is 5.60 Å². The molecule has 186 valence electrons. The molecule has 3 saturated carbocycles. The van der Waals surface area contributed by atoms with Crippen LogP contribution in [0, 0.1) is 28.6 Å². The van der Waals surface area contributed by atoms with Crippen molar-refractivity contribution in [2.45, 2.75) is 70.0 Å². The Hall–Kier alpha value is -2.08. The molecule has 5 heteroatoms. The van der Waals surface area contributed by atoms with Crippen LogP contribution in [0.15, 0.2) is 48.4 Å². The van der Waals surface area contributed by atoms with Gasteiger partial charge in [-0.3, -0.25) is 0 Å². The first-order valence-corrected chi connectivity index (χ1v) is 13.5. The lowest BCUT2D eigenvalue weighted by atomic mass is 9.58. The van der Waals surface area contributed by atoms with Crippen molar-refractivity contribution in [2.24, 2.45) is 28.6 Å². The van der Waals surface area contributed by atoms with E-state index in [0.717, 1.165) is 55.8 Å². The van der Waals surface area contributed by atoms with Crippen molar-refractivity contribution in [1.29, 1.82) is 0 Å². The fourth-order valence-electron chi connectivity index (χ4n) is 8.57. The molecule has 0 amide bonds. The van der Waals surface area contributed by atoms with E-state index in [9.17, 15) is 10.2 Å². The van der Waals surface area contributed by atoms with Gasteiger partial charge >= 0.3 is 0 Å². The third kappa shape index (κ3) is 3.38. The van der Waals surface area contributed by atoms with Gasteiger partial charge in [0.05, 0.1) is 17.2 Å². The number of aliphatic hydroxyl groups excluding tert-OH is 1. The van der Waals surface area contributed by atoms with Gasteiger partial charge in [0, 0.05) is 22.9 Å². The third-order valence-electron chi connectivity index (χ3n) is 10.2. The maximum atomic E-state index is 12.4. The summed E-state index contributed by atoms with van der Waals surface area (Å²) in [5, 5.41) is 26.6. The van der Waals surface area contributed by atoms with Gasteiger partial charge in [-0.15, -0.1) is 0 Å². The van der Waals surface area contributed by atoms with Crippen LogP contribution in [0.2, 0.25) is 0 Å². The molecular formula is C30H39N3O2. The molecule has 0 bridgehead atoms. The number of nitrogens with zero attached hydrogens (tertiary/aromatic N) is 2. The summed E-state index contributed by atoms with van der Waals surface area (Å²) in [6.07, 6.45) is 16.3. The molecule has 5 aliphatic carbocycles. The van der Waals surface area contributed by atoms with Crippen LogP contribution in [-0.2, 0) is 0 Å². The molecule has 1 aromatic heterocycles. The van der Waals surface area contributed by atoms with Gasteiger partial charge in [0.2, 0.25) is 0 Å². The first kappa shape index (κ1) is 23.3. The van der Waals surface area contributed by atoms with Gasteiger partial charge in [-0.1, -0.05) is 31.2 Å². The topological polar surface area (TPSA) is 78.3 Å². The van der Waals surface area contributed by atoms with Crippen LogP contribution in [0.3, 0.4) is 0 Å². The lowest BCUT2D eigenvalue weighted by molar-refractivity contribution is -0.0389. The van der Waals surface area contributed by atoms with E-state index in [1.807, 2.05) is 20.3 Å². The molecule has 5 aliphatic rings. The molecule has 0 saturated heterocycles. The average molecular weight is 474 g/mol. The maximum Gasteiger partial charge on any atom is 0.116 e. The predicted octanol–water partition coefficient (Wildman–Crippen LogP) is 4.90. The Morgan fingerprint density at radius 2 is 1.91 bits per heavy atom. The van der Waals surface area contributed by atoms with Crippen LogP contribution in [0.4, 0.5) is 0 Å². The Kier molecular flexibility index (Phi) is 5.48. The molecule has 1 heterocycles. The number of hydrogen-bond donors (Lipinski definition) is 3. The molecule has 1 aromatic carbocycles. The van der Waals surface area contributed by atoms with E-state index in [1.54, 1.807) is 6.33 Å². The van der Waals surface area contributed by atoms with Crippen LogP contribution >= 0.6 is 0 Å². The van der Waals surface area contributed by atoms with Gasteiger partial charge < -0.3 is 15.5 Å². The molecule has 3 fully saturated rings. The van der Waals surface area contributed by atoms with Crippen LogP contribution in [0.5, 0.6) is 0 Å². The number of nitrogens with one attached hydrogen (secondary N) is 1. The number of benzene rings is 1. The van der Waals surface area contributed by atoms with Crippen LogP contribution in [0.1, 0.15) is 63.9 Å². The Morgan fingerprint density at radius 3 is 2.74 bits per heavy atom. The molecule has 0 radical (unpaired) electrons. The Bertz CT molecular complexity index is 1210. The first-order valence-electron chi connectivity index (χ1n) is 13.5. The molecule has 5 nitrogen and oxygen atoms in total. The van der Waals surface area contributed by atoms with Gasteiger partial charge in [-0.2, -0.15) is 0 Å². The van der Waals surface area contributed by atoms with E-state index in [0.29, 0.717) is 11.8 Å². The number of hydrogen-bond acceptors (Lipinski definition) is 5. The lowest BCUT2D eigenvalue weighted by Crippen LogP contribution is -2.49. The SMILES string of the molecule is CC12CC=C3C4CC45CC(O)CCC5CC[C@]3(O)C1CC=C2c1ccc2cncnc2c1.CNC. The Balaban J connectivity index is 0.000000727. The lowest BCUT2D eigenvalue weighted by Gasteiger charge is -2.49. The van der Waals surface area contributed by atoms with Gasteiger partial charge in [-0.25, -0.2) is 9.97 Å². The van der Waals surface area contributed by atoms with Gasteiger partial charge in [-0.05, 0) is 105 Å². The normalized spacial score (nSPS) is 41.2. The zero-order valence-corrected chi connectivity index (χ0v) is 21.3. The summed E-state index contributed by atoms with van der Waals surface area (Å²) in [4.78, 5) is 8.62. The number of aromatic nitrogens is 2. The minimum Gasteiger partial charge on any atom is -0.393 e. The van der Waals surface area contributed by atoms with E-state index in [2.05, 4.69) is 52.6 Å². The predicted molar refractivity (Wildman–Crippen MR) is 139 cm³/mol. The van der Waals surface area contributed by atoms with E-state index in [-0.39, 0.29) is 22.9 Å². The standard InChI is InChI=1S/C28H32N2O2.C2H7N/c1-26-10-9-22-23-14-27(23)13-20(31)5-4-19(27)8-11-28(22,32)25(26)7-6-21(26)17-2-3-18-15-29-16-30-24(18)12-17;1-3-2/h2-3,6,9,12,15-16,19-20,23,25,31-32H,4-5,7-8,10-11,13-14H2,1H3;3H,1-2H3/t19?,20?,23?,25?,26?,27?,28-;/m1./s1. The zero-order valence-electron chi connectivity index (χ0n) is 21.3. The summed E-state index contributed by atoms with van der Waals surface area (Å²) in [5.74, 6) is 1.39.